The van der Waals surface area contributed by atoms with Crippen molar-refractivity contribution in [1.82, 2.24) is 0 Å². The molecular weight excluding hydrogens is 332 g/mol. The van der Waals surface area contributed by atoms with Gasteiger partial charge in [-0.3, -0.25) is 9.52 Å². The highest BCUT2D eigenvalue weighted by Gasteiger charge is 2.15. The lowest BCUT2D eigenvalue weighted by atomic mass is 10.1. The molecule has 0 unspecified atom stereocenters. The van der Waals surface area contributed by atoms with Gasteiger partial charge in [0.1, 0.15) is 5.58 Å². The molecule has 0 aliphatic carbocycles. The minimum Gasteiger partial charge on any atom is -0.481 e. The van der Waals surface area contributed by atoms with E-state index in [2.05, 4.69) is 4.72 Å². The Morgan fingerprint density at radius 3 is 2.54 bits per heavy atom. The van der Waals surface area contributed by atoms with Crippen molar-refractivity contribution < 1.29 is 22.7 Å². The molecule has 3 aromatic rings. The second kappa shape index (κ2) is 5.89. The average molecular weight is 346 g/mol. The molecule has 0 aliphatic rings. The van der Waals surface area contributed by atoms with Crippen LogP contribution in [0.4, 0.5) is 11.4 Å². The number of benzene rings is 2. The molecule has 0 amide bonds. The molecule has 0 spiro atoms. The van der Waals surface area contributed by atoms with Gasteiger partial charge in [0.25, 0.3) is 10.0 Å². The highest BCUT2D eigenvalue weighted by Crippen LogP contribution is 2.26. The first-order valence-electron chi connectivity index (χ1n) is 6.95. The van der Waals surface area contributed by atoms with Gasteiger partial charge in [-0.2, -0.15) is 0 Å². The summed E-state index contributed by atoms with van der Waals surface area (Å²) in [5.41, 5.74) is 7.28. The fraction of sp³-hybridized carbons (Fsp3) is 0.0625. The van der Waals surface area contributed by atoms with Crippen molar-refractivity contribution >= 4 is 38.3 Å². The lowest BCUT2D eigenvalue weighted by Crippen LogP contribution is -2.12. The number of furan rings is 1. The van der Waals surface area contributed by atoms with E-state index >= 15 is 0 Å². The van der Waals surface area contributed by atoms with Crippen LogP contribution in [0.25, 0.3) is 11.0 Å². The number of nitrogens with one attached hydrogen (secondary N) is 1. The Morgan fingerprint density at radius 2 is 1.88 bits per heavy atom. The second-order valence-electron chi connectivity index (χ2n) is 5.22. The van der Waals surface area contributed by atoms with Crippen molar-refractivity contribution in [1.29, 1.82) is 0 Å². The molecule has 7 nitrogen and oxygen atoms in total. The molecule has 0 saturated carbocycles. The maximum Gasteiger partial charge on any atom is 0.307 e. The van der Waals surface area contributed by atoms with Gasteiger partial charge in [-0.05, 0) is 36.4 Å². The standard InChI is InChI=1S/C16H14N2O5S/c17-11-1-4-13(5-2-11)24(21,22)18-12-3-6-14-10(7-16(19)20)9-23-15(14)8-12/h1-6,8-9,18H,7,17H2,(H,19,20). The predicted molar refractivity (Wildman–Crippen MR) is 89.2 cm³/mol. The fourth-order valence-electron chi connectivity index (χ4n) is 2.31. The Morgan fingerprint density at radius 1 is 1.17 bits per heavy atom. The first-order chi connectivity index (χ1) is 11.3. The van der Waals surface area contributed by atoms with E-state index in [0.717, 1.165) is 0 Å². The molecule has 24 heavy (non-hydrogen) atoms. The number of rotatable bonds is 5. The van der Waals surface area contributed by atoms with Crippen molar-refractivity contribution in [2.75, 3.05) is 10.5 Å². The summed E-state index contributed by atoms with van der Waals surface area (Å²) in [6.07, 6.45) is 1.19. The van der Waals surface area contributed by atoms with Crippen LogP contribution in [-0.2, 0) is 21.2 Å². The third-order valence-electron chi connectivity index (χ3n) is 3.44. The molecule has 0 fully saturated rings. The van der Waals surface area contributed by atoms with Gasteiger partial charge in [0.15, 0.2) is 0 Å². The number of nitrogens with two attached hydrogens (primary N) is 1. The van der Waals surface area contributed by atoms with E-state index in [9.17, 15) is 13.2 Å². The maximum atomic E-state index is 12.3. The number of anilines is 2. The molecule has 8 heteroatoms. The molecule has 3 rings (SSSR count). The highest BCUT2D eigenvalue weighted by atomic mass is 32.2. The summed E-state index contributed by atoms with van der Waals surface area (Å²) < 4.78 is 32.4. The Labute approximate surface area is 137 Å². The van der Waals surface area contributed by atoms with E-state index in [1.807, 2.05) is 0 Å². The van der Waals surface area contributed by atoms with Gasteiger partial charge >= 0.3 is 5.97 Å². The minimum absolute atomic E-state index is 0.0859. The summed E-state index contributed by atoms with van der Waals surface area (Å²) in [7, 11) is -3.75. The van der Waals surface area contributed by atoms with Crippen LogP contribution in [-0.4, -0.2) is 19.5 Å². The van der Waals surface area contributed by atoms with Crippen molar-refractivity contribution in [3.05, 3.63) is 54.3 Å². The van der Waals surface area contributed by atoms with Crippen LogP contribution in [0.15, 0.2) is 58.0 Å². The summed E-state index contributed by atoms with van der Waals surface area (Å²) in [5, 5.41) is 9.49. The van der Waals surface area contributed by atoms with E-state index in [4.69, 9.17) is 15.3 Å². The molecule has 0 saturated heterocycles. The maximum absolute atomic E-state index is 12.3. The van der Waals surface area contributed by atoms with Crippen molar-refractivity contribution in [2.45, 2.75) is 11.3 Å². The van der Waals surface area contributed by atoms with Crippen molar-refractivity contribution in [3.8, 4) is 0 Å². The third kappa shape index (κ3) is 3.18. The molecule has 1 aromatic heterocycles. The highest BCUT2D eigenvalue weighted by molar-refractivity contribution is 7.92. The Hall–Kier alpha value is -3.00. The van der Waals surface area contributed by atoms with Crippen LogP contribution in [0.1, 0.15) is 5.56 Å². The van der Waals surface area contributed by atoms with Crippen molar-refractivity contribution in [2.24, 2.45) is 0 Å². The Balaban J connectivity index is 1.90. The predicted octanol–water partition coefficient (Wildman–Crippen LogP) is 2.44. The monoisotopic (exact) mass is 346 g/mol. The third-order valence-corrected chi connectivity index (χ3v) is 4.84. The second-order valence-corrected chi connectivity index (χ2v) is 6.90. The summed E-state index contributed by atoms with van der Waals surface area (Å²) in [6, 6.07) is 10.5. The van der Waals surface area contributed by atoms with Gasteiger partial charge in [-0.15, -0.1) is 0 Å². The summed E-state index contributed by atoms with van der Waals surface area (Å²) >= 11 is 0. The molecule has 0 aliphatic heterocycles. The van der Waals surface area contributed by atoms with Gasteiger partial charge < -0.3 is 15.3 Å². The van der Waals surface area contributed by atoms with Gasteiger partial charge in [-0.25, -0.2) is 8.42 Å². The van der Waals surface area contributed by atoms with Crippen molar-refractivity contribution in [3.63, 3.8) is 0 Å². The van der Waals surface area contributed by atoms with Gasteiger partial charge in [0, 0.05) is 22.7 Å². The number of nitrogen functional groups attached to an aromatic ring is 1. The molecular formula is C16H14N2O5S. The number of carboxylic acids is 1. The van der Waals surface area contributed by atoms with Gasteiger partial charge in [0.05, 0.1) is 23.3 Å². The molecule has 0 atom stereocenters. The number of carbonyl (C=O) groups is 1. The van der Waals surface area contributed by atoms with Gasteiger partial charge in [-0.1, -0.05) is 0 Å². The van der Waals surface area contributed by atoms with E-state index < -0.39 is 16.0 Å². The van der Waals surface area contributed by atoms with Crippen LogP contribution >= 0.6 is 0 Å². The molecule has 0 radical (unpaired) electrons. The summed E-state index contributed by atoms with van der Waals surface area (Å²) in [4.78, 5) is 10.9. The number of carboxylic acid groups (broad SMARTS) is 1. The van der Waals surface area contributed by atoms with Crippen LogP contribution in [0.3, 0.4) is 0 Å². The fourth-order valence-corrected chi connectivity index (χ4v) is 3.36. The first kappa shape index (κ1) is 15.9. The number of hydrogen-bond donors (Lipinski definition) is 3. The molecule has 1 heterocycles. The van der Waals surface area contributed by atoms with E-state index in [1.165, 1.54) is 36.6 Å². The Kier molecular flexibility index (Phi) is 3.90. The SMILES string of the molecule is Nc1ccc(S(=O)(=O)Nc2ccc3c(CC(=O)O)coc3c2)cc1. The zero-order valence-electron chi connectivity index (χ0n) is 12.4. The lowest BCUT2D eigenvalue weighted by Gasteiger charge is -2.08. The number of hydrogen-bond acceptors (Lipinski definition) is 5. The molecule has 0 bridgehead atoms. The van der Waals surface area contributed by atoms with Gasteiger partial charge in [0.2, 0.25) is 0 Å². The molecule has 2 aromatic carbocycles. The topological polar surface area (TPSA) is 123 Å². The van der Waals surface area contributed by atoms with Crippen LogP contribution in [0.5, 0.6) is 0 Å². The lowest BCUT2D eigenvalue weighted by molar-refractivity contribution is -0.136. The largest absolute Gasteiger partial charge is 0.481 e. The quantitative estimate of drug-likeness (QED) is 0.610. The summed E-state index contributed by atoms with van der Waals surface area (Å²) in [5.74, 6) is -0.967. The van der Waals surface area contributed by atoms with Crippen LogP contribution < -0.4 is 10.5 Å². The molecule has 124 valence electrons. The van der Waals surface area contributed by atoms with E-state index in [-0.39, 0.29) is 11.3 Å². The van der Waals surface area contributed by atoms with E-state index in [0.29, 0.717) is 27.9 Å². The van der Waals surface area contributed by atoms with E-state index in [1.54, 1.807) is 12.1 Å². The minimum atomic E-state index is -3.75. The number of aliphatic carboxylic acids is 1. The number of sulfonamides is 1. The zero-order valence-corrected chi connectivity index (χ0v) is 13.2. The smallest absolute Gasteiger partial charge is 0.307 e. The Bertz CT molecular complexity index is 1010. The number of fused-ring (bicyclic) bond motifs is 1. The zero-order chi connectivity index (χ0) is 17.3. The average Bonchev–Trinajstić information content (AvgIpc) is 2.89. The van der Waals surface area contributed by atoms with Crippen LogP contribution in [0.2, 0.25) is 0 Å². The summed E-state index contributed by atoms with van der Waals surface area (Å²) in [6.45, 7) is 0. The normalized spacial score (nSPS) is 11.5. The molecule has 4 N–H and O–H groups in total. The van der Waals surface area contributed by atoms with Crippen LogP contribution in [0, 0.1) is 0 Å². The first-order valence-corrected chi connectivity index (χ1v) is 8.44.